The zero-order chi connectivity index (χ0) is 19.6. The number of hydrogen-bond donors (Lipinski definition) is 2. The largest absolute Gasteiger partial charge is 0.493 e. The zero-order valence-electron chi connectivity index (χ0n) is 15.1. The number of halogens is 1. The van der Waals surface area contributed by atoms with Crippen LogP contribution in [0.25, 0.3) is 10.8 Å². The van der Waals surface area contributed by atoms with Crippen molar-refractivity contribution in [2.45, 2.75) is 12.8 Å². The third kappa shape index (κ3) is 4.51. The Morgan fingerprint density at radius 3 is 2.86 bits per heavy atom. The van der Waals surface area contributed by atoms with Crippen LogP contribution in [0.5, 0.6) is 5.75 Å². The highest BCUT2D eigenvalue weighted by molar-refractivity contribution is 7.92. The van der Waals surface area contributed by atoms with Crippen molar-refractivity contribution in [1.82, 2.24) is 15.0 Å². The van der Waals surface area contributed by atoms with Crippen LogP contribution in [-0.4, -0.2) is 37.3 Å². The second kappa shape index (κ2) is 7.89. The molecule has 1 fully saturated rings. The van der Waals surface area contributed by atoms with E-state index in [-0.39, 0.29) is 11.2 Å². The number of aromatic nitrogens is 3. The second-order valence-electron chi connectivity index (χ2n) is 6.91. The molecule has 0 saturated carbocycles. The van der Waals surface area contributed by atoms with Crippen LogP contribution >= 0.6 is 11.6 Å². The lowest BCUT2D eigenvalue weighted by molar-refractivity contribution is 0.251. The van der Waals surface area contributed by atoms with E-state index in [0.717, 1.165) is 29.4 Å². The van der Waals surface area contributed by atoms with Crippen molar-refractivity contribution in [2.75, 3.05) is 23.4 Å². The number of hydrogen-bond acceptors (Lipinski definition) is 7. The van der Waals surface area contributed by atoms with Crippen LogP contribution in [0.4, 0.5) is 11.5 Å². The number of rotatable bonds is 5. The summed E-state index contributed by atoms with van der Waals surface area (Å²) in [7, 11) is -2.42. The van der Waals surface area contributed by atoms with Crippen LogP contribution in [0.3, 0.4) is 0 Å². The first-order chi connectivity index (χ1) is 13.5. The molecule has 2 aromatic heterocycles. The van der Waals surface area contributed by atoms with Crippen molar-refractivity contribution in [2.24, 2.45) is 5.92 Å². The third-order valence-corrected chi connectivity index (χ3v) is 6.85. The first-order valence-electron chi connectivity index (χ1n) is 8.99. The molecule has 0 aliphatic carbocycles. The maximum absolute atomic E-state index is 12.0. The van der Waals surface area contributed by atoms with Crippen molar-refractivity contribution in [3.63, 3.8) is 0 Å². The van der Waals surface area contributed by atoms with Gasteiger partial charge in [0.05, 0.1) is 24.7 Å². The van der Waals surface area contributed by atoms with Crippen molar-refractivity contribution >= 4 is 43.6 Å². The van der Waals surface area contributed by atoms with Crippen LogP contribution in [0, 0.1) is 10.7 Å². The molecule has 9 heteroatoms. The fourth-order valence-electron chi connectivity index (χ4n) is 3.36. The fraction of sp³-hybridized carbons (Fsp3) is 0.316. The molecular formula is C19H20ClN5O2S. The quantitative estimate of drug-likeness (QED) is 0.601. The predicted molar refractivity (Wildman–Crippen MR) is 111 cm³/mol. The van der Waals surface area contributed by atoms with Crippen molar-refractivity contribution in [1.29, 1.82) is 4.78 Å². The van der Waals surface area contributed by atoms with E-state index in [2.05, 4.69) is 20.3 Å². The Hall–Kier alpha value is -2.45. The molecule has 146 valence electrons. The smallest absolute Gasteiger partial charge is 0.222 e. The summed E-state index contributed by atoms with van der Waals surface area (Å²) in [5.74, 6) is 2.56. The predicted octanol–water partition coefficient (Wildman–Crippen LogP) is 4.26. The highest BCUT2D eigenvalue weighted by Gasteiger charge is 2.22. The maximum Gasteiger partial charge on any atom is 0.222 e. The van der Waals surface area contributed by atoms with E-state index in [9.17, 15) is 4.21 Å². The SMILES string of the molecule is N=[S@]1(=O)CCC[C@@H](COc2ccc3c(Nc4cnc(Cl)nc4)nccc3c2)C1. The van der Waals surface area contributed by atoms with Crippen LogP contribution in [0.15, 0.2) is 42.9 Å². The molecule has 1 aromatic carbocycles. The van der Waals surface area contributed by atoms with Gasteiger partial charge < -0.3 is 10.1 Å². The number of ether oxygens (including phenoxy) is 1. The van der Waals surface area contributed by atoms with Gasteiger partial charge in [-0.15, -0.1) is 0 Å². The molecule has 28 heavy (non-hydrogen) atoms. The van der Waals surface area contributed by atoms with E-state index >= 15 is 0 Å². The molecule has 2 atom stereocenters. The molecule has 0 amide bonds. The molecule has 2 N–H and O–H groups in total. The second-order valence-corrected chi connectivity index (χ2v) is 9.61. The Labute approximate surface area is 168 Å². The summed E-state index contributed by atoms with van der Waals surface area (Å²) >= 11 is 5.72. The minimum Gasteiger partial charge on any atom is -0.493 e. The summed E-state index contributed by atoms with van der Waals surface area (Å²) in [5.41, 5.74) is 0.695. The Bertz CT molecular complexity index is 1090. The van der Waals surface area contributed by atoms with Crippen molar-refractivity contribution in [3.05, 3.63) is 48.1 Å². The number of benzene rings is 1. The first-order valence-corrected chi connectivity index (χ1v) is 11.3. The molecule has 0 bridgehead atoms. The van der Waals surface area contributed by atoms with Crippen LogP contribution in [-0.2, 0) is 9.73 Å². The lowest BCUT2D eigenvalue weighted by atomic mass is 10.1. The molecule has 1 aliphatic rings. The van der Waals surface area contributed by atoms with Gasteiger partial charge in [-0.3, -0.25) is 4.78 Å². The Morgan fingerprint density at radius 1 is 1.25 bits per heavy atom. The summed E-state index contributed by atoms with van der Waals surface area (Å²) in [6, 6.07) is 7.73. The molecule has 7 nitrogen and oxygen atoms in total. The topological polar surface area (TPSA) is 101 Å². The van der Waals surface area contributed by atoms with E-state index in [1.54, 1.807) is 18.6 Å². The normalized spacial score (nSPS) is 22.1. The van der Waals surface area contributed by atoms with E-state index in [4.69, 9.17) is 21.1 Å². The Morgan fingerprint density at radius 2 is 2.07 bits per heavy atom. The highest BCUT2D eigenvalue weighted by atomic mass is 35.5. The molecule has 1 saturated heterocycles. The monoisotopic (exact) mass is 417 g/mol. The standard InChI is InChI=1S/C19H20ClN5O2S/c20-19-23-9-15(10-24-19)25-18-17-4-3-16(8-14(17)5-6-22-18)27-11-13-2-1-7-28(21,26)12-13/h3-6,8-10,13,21H,1-2,7,11-12H2,(H,22,25)/t13-,28-/m0/s1. The molecule has 0 spiro atoms. The first kappa shape index (κ1) is 18.9. The van der Waals surface area contributed by atoms with E-state index in [1.807, 2.05) is 24.3 Å². The Balaban J connectivity index is 1.49. The van der Waals surface area contributed by atoms with Crippen LogP contribution in [0.2, 0.25) is 5.28 Å². The van der Waals surface area contributed by atoms with Gasteiger partial charge >= 0.3 is 0 Å². The maximum atomic E-state index is 12.0. The van der Waals surface area contributed by atoms with Gasteiger partial charge in [-0.2, -0.15) is 0 Å². The molecule has 1 aliphatic heterocycles. The number of fused-ring (bicyclic) bond motifs is 1. The molecule has 0 radical (unpaired) electrons. The van der Waals surface area contributed by atoms with E-state index < -0.39 is 9.73 Å². The van der Waals surface area contributed by atoms with Gasteiger partial charge in [0.1, 0.15) is 11.6 Å². The van der Waals surface area contributed by atoms with Crippen LogP contribution < -0.4 is 10.1 Å². The molecule has 3 heterocycles. The van der Waals surface area contributed by atoms with Gasteiger partial charge in [0, 0.05) is 38.7 Å². The number of pyridine rings is 1. The summed E-state index contributed by atoms with van der Waals surface area (Å²) in [6.45, 7) is 0.486. The summed E-state index contributed by atoms with van der Waals surface area (Å²) in [6.07, 6.45) is 6.72. The van der Waals surface area contributed by atoms with Gasteiger partial charge in [0.2, 0.25) is 5.28 Å². The van der Waals surface area contributed by atoms with Crippen molar-refractivity contribution in [3.8, 4) is 5.75 Å². The summed E-state index contributed by atoms with van der Waals surface area (Å²) in [5, 5.41) is 5.32. The fourth-order valence-corrected chi connectivity index (χ4v) is 5.28. The Kier molecular flexibility index (Phi) is 5.32. The summed E-state index contributed by atoms with van der Waals surface area (Å²) in [4.78, 5) is 12.3. The summed E-state index contributed by atoms with van der Waals surface area (Å²) < 4.78 is 25.7. The third-order valence-electron chi connectivity index (χ3n) is 4.70. The van der Waals surface area contributed by atoms with Gasteiger partial charge in [-0.25, -0.2) is 19.2 Å². The zero-order valence-corrected chi connectivity index (χ0v) is 16.7. The minimum atomic E-state index is -2.42. The molecular weight excluding hydrogens is 398 g/mol. The molecule has 3 aromatic rings. The lowest BCUT2D eigenvalue weighted by Gasteiger charge is -2.23. The van der Waals surface area contributed by atoms with E-state index in [1.165, 1.54) is 0 Å². The lowest BCUT2D eigenvalue weighted by Crippen LogP contribution is -2.28. The highest BCUT2D eigenvalue weighted by Crippen LogP contribution is 2.28. The van der Waals surface area contributed by atoms with Crippen molar-refractivity contribution < 1.29 is 8.95 Å². The van der Waals surface area contributed by atoms with E-state index in [0.29, 0.717) is 29.6 Å². The van der Waals surface area contributed by atoms with Gasteiger partial charge in [0.25, 0.3) is 0 Å². The van der Waals surface area contributed by atoms with Crippen LogP contribution in [0.1, 0.15) is 12.8 Å². The average molecular weight is 418 g/mol. The average Bonchev–Trinajstić information content (AvgIpc) is 2.67. The minimum absolute atomic E-state index is 0.175. The van der Waals surface area contributed by atoms with Gasteiger partial charge in [0.15, 0.2) is 0 Å². The van der Waals surface area contributed by atoms with Gasteiger partial charge in [-0.1, -0.05) is 0 Å². The number of nitrogens with zero attached hydrogens (tertiary/aromatic N) is 3. The number of anilines is 2. The van der Waals surface area contributed by atoms with Gasteiger partial charge in [-0.05, 0) is 54.1 Å². The number of nitrogens with one attached hydrogen (secondary N) is 2. The molecule has 0 unspecified atom stereocenters. The molecule has 4 rings (SSSR count).